The summed E-state index contributed by atoms with van der Waals surface area (Å²) in [5.74, 6) is -2.62. The van der Waals surface area contributed by atoms with Crippen LogP contribution in [-0.2, 0) is 25.7 Å². The predicted octanol–water partition coefficient (Wildman–Crippen LogP) is 1.20. The Morgan fingerprint density at radius 2 is 2.00 bits per heavy atom. The van der Waals surface area contributed by atoms with E-state index in [9.17, 15) is 23.6 Å². The monoisotopic (exact) mass is 398 g/mol. The second kappa shape index (κ2) is 9.91. The maximum atomic E-state index is 12.6. The average Bonchev–Trinajstić information content (AvgIpc) is 3.15. The molecule has 0 radical (unpaired) electrons. The van der Waals surface area contributed by atoms with Crippen molar-refractivity contribution in [3.8, 4) is 0 Å². The first-order valence-corrected chi connectivity index (χ1v) is 9.23. The van der Waals surface area contributed by atoms with E-state index in [-0.39, 0.29) is 18.2 Å². The van der Waals surface area contributed by atoms with Gasteiger partial charge in [0.05, 0.1) is 12.3 Å². The van der Waals surface area contributed by atoms with Gasteiger partial charge in [0.15, 0.2) is 5.78 Å². The minimum atomic E-state index is -1.48. The fraction of sp³-hybridized carbons (Fsp3) is 0.412. The number of carbonyl (C=O) groups is 4. The summed E-state index contributed by atoms with van der Waals surface area (Å²) >= 11 is 1.31. The molecule has 8 nitrogen and oxygen atoms in total. The van der Waals surface area contributed by atoms with E-state index in [4.69, 9.17) is 9.84 Å². The third-order valence-corrected chi connectivity index (χ3v) is 4.85. The van der Waals surface area contributed by atoms with E-state index in [0.717, 1.165) is 5.56 Å². The topological polar surface area (TPSA) is 113 Å². The van der Waals surface area contributed by atoms with Gasteiger partial charge in [-0.05, 0) is 5.56 Å². The highest BCUT2D eigenvalue weighted by Crippen LogP contribution is 2.22. The SMILES string of the molecule is O=C(O)CC(NC(=O)C1CSCN1C(=O)OCc1ccccc1)C(=O)CF. The lowest BCUT2D eigenvalue weighted by Crippen LogP contribution is -2.52. The van der Waals surface area contributed by atoms with Crippen LogP contribution in [0.15, 0.2) is 30.3 Å². The molecule has 1 fully saturated rings. The molecule has 146 valence electrons. The van der Waals surface area contributed by atoms with Crippen molar-refractivity contribution in [3.63, 3.8) is 0 Å². The Morgan fingerprint density at radius 3 is 2.63 bits per heavy atom. The van der Waals surface area contributed by atoms with E-state index in [0.29, 0.717) is 0 Å². The summed E-state index contributed by atoms with van der Waals surface area (Å²) in [5.41, 5.74) is 0.786. The number of ketones is 1. The molecule has 0 bridgehead atoms. The van der Waals surface area contributed by atoms with Gasteiger partial charge in [0.1, 0.15) is 25.4 Å². The second-order valence-electron chi connectivity index (χ2n) is 5.78. The molecule has 10 heteroatoms. The normalized spacial score (nSPS) is 17.2. The quantitative estimate of drug-likeness (QED) is 0.676. The number of aliphatic carboxylic acids is 1. The van der Waals surface area contributed by atoms with Crippen molar-refractivity contribution in [2.24, 2.45) is 0 Å². The summed E-state index contributed by atoms with van der Waals surface area (Å²) < 4.78 is 17.8. The number of thioether (sulfide) groups is 1. The first kappa shape index (κ1) is 20.7. The minimum Gasteiger partial charge on any atom is -0.481 e. The Morgan fingerprint density at radius 1 is 1.30 bits per heavy atom. The van der Waals surface area contributed by atoms with Gasteiger partial charge in [-0.2, -0.15) is 0 Å². The molecule has 2 unspecified atom stereocenters. The molecule has 1 aromatic carbocycles. The van der Waals surface area contributed by atoms with Crippen LogP contribution >= 0.6 is 11.8 Å². The van der Waals surface area contributed by atoms with Crippen molar-refractivity contribution in [2.45, 2.75) is 25.1 Å². The van der Waals surface area contributed by atoms with Crippen molar-refractivity contribution < 1.29 is 33.4 Å². The van der Waals surface area contributed by atoms with Crippen LogP contribution in [0.4, 0.5) is 9.18 Å². The van der Waals surface area contributed by atoms with Crippen molar-refractivity contribution in [2.75, 3.05) is 18.3 Å². The molecule has 0 aliphatic carbocycles. The molecule has 0 spiro atoms. The molecule has 2 N–H and O–H groups in total. The van der Waals surface area contributed by atoms with Crippen LogP contribution in [0, 0.1) is 0 Å². The summed E-state index contributed by atoms with van der Waals surface area (Å²) in [6.45, 7) is -1.35. The van der Waals surface area contributed by atoms with Crippen LogP contribution < -0.4 is 5.32 Å². The summed E-state index contributed by atoms with van der Waals surface area (Å²) in [6, 6.07) is 6.60. The lowest BCUT2D eigenvalue weighted by Gasteiger charge is -2.24. The number of benzene rings is 1. The maximum absolute atomic E-state index is 12.6. The molecule has 1 saturated heterocycles. The van der Waals surface area contributed by atoms with Gasteiger partial charge in [0, 0.05) is 5.75 Å². The highest BCUT2D eigenvalue weighted by Gasteiger charge is 2.37. The van der Waals surface area contributed by atoms with E-state index in [1.807, 2.05) is 6.07 Å². The number of rotatable bonds is 8. The van der Waals surface area contributed by atoms with Crippen molar-refractivity contribution in [1.29, 1.82) is 0 Å². The number of alkyl halides is 1. The number of nitrogens with zero attached hydrogens (tertiary/aromatic N) is 1. The van der Waals surface area contributed by atoms with Crippen molar-refractivity contribution >= 4 is 35.5 Å². The largest absolute Gasteiger partial charge is 0.481 e. The van der Waals surface area contributed by atoms with E-state index in [2.05, 4.69) is 5.32 Å². The Labute approximate surface area is 159 Å². The molecule has 1 aliphatic heterocycles. The van der Waals surface area contributed by atoms with Gasteiger partial charge in [-0.25, -0.2) is 9.18 Å². The highest BCUT2D eigenvalue weighted by atomic mass is 32.2. The van der Waals surface area contributed by atoms with Crippen LogP contribution in [-0.4, -0.2) is 64.1 Å². The number of carboxylic acids is 1. The molecular formula is C17H19FN2O6S. The van der Waals surface area contributed by atoms with Gasteiger partial charge in [-0.15, -0.1) is 11.8 Å². The molecule has 1 heterocycles. The number of halogens is 1. The molecule has 2 rings (SSSR count). The number of carbonyl (C=O) groups excluding carboxylic acids is 3. The highest BCUT2D eigenvalue weighted by molar-refractivity contribution is 7.99. The summed E-state index contributed by atoms with van der Waals surface area (Å²) in [4.78, 5) is 48.2. The molecule has 0 aromatic heterocycles. The van der Waals surface area contributed by atoms with Gasteiger partial charge in [0.25, 0.3) is 0 Å². The van der Waals surface area contributed by atoms with Crippen molar-refractivity contribution in [3.05, 3.63) is 35.9 Å². The first-order valence-electron chi connectivity index (χ1n) is 8.08. The molecular weight excluding hydrogens is 379 g/mol. The van der Waals surface area contributed by atoms with Crippen LogP contribution in [0.25, 0.3) is 0 Å². The molecule has 2 atom stereocenters. The Kier molecular flexibility index (Phi) is 7.59. The zero-order valence-electron chi connectivity index (χ0n) is 14.3. The van der Waals surface area contributed by atoms with Gasteiger partial charge in [0.2, 0.25) is 5.91 Å². The Balaban J connectivity index is 1.96. The van der Waals surface area contributed by atoms with E-state index >= 15 is 0 Å². The predicted molar refractivity (Wildman–Crippen MR) is 94.7 cm³/mol. The first-order chi connectivity index (χ1) is 12.9. The molecule has 1 aliphatic rings. The lowest BCUT2D eigenvalue weighted by molar-refractivity contribution is -0.140. The van der Waals surface area contributed by atoms with Gasteiger partial charge in [-0.3, -0.25) is 19.3 Å². The number of carboxylic acid groups (broad SMARTS) is 1. The van der Waals surface area contributed by atoms with Crippen LogP contribution in [0.2, 0.25) is 0 Å². The van der Waals surface area contributed by atoms with E-state index in [1.165, 1.54) is 16.7 Å². The number of ether oxygens (including phenoxy) is 1. The van der Waals surface area contributed by atoms with Gasteiger partial charge >= 0.3 is 12.1 Å². The lowest BCUT2D eigenvalue weighted by atomic mass is 10.1. The van der Waals surface area contributed by atoms with Gasteiger partial charge in [-0.1, -0.05) is 30.3 Å². The molecule has 0 saturated carbocycles. The third-order valence-electron chi connectivity index (χ3n) is 3.84. The minimum absolute atomic E-state index is 0.0388. The number of hydrogen-bond donors (Lipinski definition) is 2. The molecule has 27 heavy (non-hydrogen) atoms. The summed E-state index contributed by atoms with van der Waals surface area (Å²) in [7, 11) is 0. The summed E-state index contributed by atoms with van der Waals surface area (Å²) in [6.07, 6.45) is -1.43. The van der Waals surface area contributed by atoms with E-state index in [1.54, 1.807) is 24.3 Å². The molecule has 2 amide bonds. The molecule has 1 aromatic rings. The van der Waals surface area contributed by atoms with Crippen molar-refractivity contribution in [1.82, 2.24) is 10.2 Å². The van der Waals surface area contributed by atoms with Gasteiger partial charge < -0.3 is 15.2 Å². The zero-order valence-corrected chi connectivity index (χ0v) is 15.1. The van der Waals surface area contributed by atoms with E-state index < -0.39 is 48.9 Å². The third kappa shape index (κ3) is 5.95. The van der Waals surface area contributed by atoms with Crippen LogP contribution in [0.1, 0.15) is 12.0 Å². The number of hydrogen-bond acceptors (Lipinski definition) is 6. The fourth-order valence-electron chi connectivity index (χ4n) is 2.42. The number of Topliss-reactive ketones (excluding diaryl/α,β-unsaturated/α-hetero) is 1. The zero-order chi connectivity index (χ0) is 19.8. The Bertz CT molecular complexity index is 702. The average molecular weight is 398 g/mol. The van der Waals surface area contributed by atoms with Crippen LogP contribution in [0.3, 0.4) is 0 Å². The number of amides is 2. The maximum Gasteiger partial charge on any atom is 0.411 e. The van der Waals surface area contributed by atoms with Crippen LogP contribution in [0.5, 0.6) is 0 Å². The Hall–Kier alpha value is -2.62. The second-order valence-corrected chi connectivity index (χ2v) is 6.78. The smallest absolute Gasteiger partial charge is 0.411 e. The summed E-state index contributed by atoms with van der Waals surface area (Å²) in [5, 5.41) is 11.0. The standard InChI is InChI=1S/C17H19FN2O6S/c18-7-14(21)12(6-15(22)23)19-16(24)13-9-27-10-20(13)17(25)26-8-11-4-2-1-3-5-11/h1-5,12-13H,6-10H2,(H,19,24)(H,22,23). The number of nitrogens with one attached hydrogen (secondary N) is 1. The fourth-order valence-corrected chi connectivity index (χ4v) is 3.57.